The van der Waals surface area contributed by atoms with Gasteiger partial charge in [-0.3, -0.25) is 0 Å². The highest BCUT2D eigenvalue weighted by atomic mass is 16.4. The molecule has 3 rings (SSSR count). The van der Waals surface area contributed by atoms with Crippen LogP contribution in [0.5, 0.6) is 0 Å². The van der Waals surface area contributed by atoms with Crippen LogP contribution in [0.15, 0.2) is 12.3 Å². The maximum Gasteiger partial charge on any atom is 0.337 e. The highest BCUT2D eigenvalue weighted by Crippen LogP contribution is 2.34. The van der Waals surface area contributed by atoms with Crippen LogP contribution in [0.2, 0.25) is 0 Å². The van der Waals surface area contributed by atoms with Crippen LogP contribution in [0.4, 0.5) is 0 Å². The smallest absolute Gasteiger partial charge is 0.337 e. The van der Waals surface area contributed by atoms with Crippen molar-refractivity contribution in [1.82, 2.24) is 14.5 Å². The number of carboxylic acids is 1. The molecule has 2 aromatic heterocycles. The topological polar surface area (TPSA) is 68.0 Å². The van der Waals surface area contributed by atoms with Crippen LogP contribution in [-0.4, -0.2) is 25.6 Å². The summed E-state index contributed by atoms with van der Waals surface area (Å²) in [7, 11) is 1.95. The van der Waals surface area contributed by atoms with Gasteiger partial charge < -0.3 is 9.67 Å². The summed E-state index contributed by atoms with van der Waals surface area (Å²) in [5, 5.41) is 8.96. The van der Waals surface area contributed by atoms with Gasteiger partial charge in [-0.15, -0.1) is 0 Å². The first-order valence-electron chi connectivity index (χ1n) is 6.22. The Morgan fingerprint density at radius 2 is 2.17 bits per heavy atom. The molecule has 0 aliphatic heterocycles. The van der Waals surface area contributed by atoms with E-state index in [0.717, 1.165) is 11.5 Å². The van der Waals surface area contributed by atoms with Crippen molar-refractivity contribution in [1.29, 1.82) is 0 Å². The van der Waals surface area contributed by atoms with Crippen LogP contribution in [-0.2, 0) is 7.05 Å². The number of carboxylic acid groups (broad SMARTS) is 1. The molecule has 1 fully saturated rings. The summed E-state index contributed by atoms with van der Waals surface area (Å²) >= 11 is 0. The lowest BCUT2D eigenvalue weighted by molar-refractivity contribution is 0.0696. The summed E-state index contributed by atoms with van der Waals surface area (Å²) in [5.41, 5.74) is 1.64. The monoisotopic (exact) mass is 245 g/mol. The molecular formula is C13H15N3O2. The third-order valence-corrected chi connectivity index (χ3v) is 3.71. The number of aryl methyl sites for hydroxylation is 1. The van der Waals surface area contributed by atoms with E-state index in [-0.39, 0.29) is 5.56 Å². The first kappa shape index (κ1) is 11.2. The van der Waals surface area contributed by atoms with Gasteiger partial charge in [0.1, 0.15) is 11.3 Å². The average molecular weight is 245 g/mol. The molecule has 5 heteroatoms. The third kappa shape index (κ3) is 1.66. The predicted molar refractivity (Wildman–Crippen MR) is 66.7 cm³/mol. The second-order valence-electron chi connectivity index (χ2n) is 4.88. The SMILES string of the molecule is Cn1c(C2CCCC2)nc2cc(C(=O)O)cnc21. The van der Waals surface area contributed by atoms with Crippen LogP contribution in [0, 0.1) is 0 Å². The number of aromatic carboxylic acids is 1. The molecule has 0 spiro atoms. The number of aromatic nitrogens is 3. The minimum Gasteiger partial charge on any atom is -0.478 e. The number of imidazole rings is 1. The molecule has 2 aromatic rings. The second-order valence-corrected chi connectivity index (χ2v) is 4.88. The van der Waals surface area contributed by atoms with Gasteiger partial charge in [-0.05, 0) is 18.9 Å². The van der Waals surface area contributed by atoms with Gasteiger partial charge in [0.05, 0.1) is 5.56 Å². The molecule has 0 atom stereocenters. The molecule has 0 saturated heterocycles. The number of nitrogens with zero attached hydrogens (tertiary/aromatic N) is 3. The fourth-order valence-corrected chi connectivity index (χ4v) is 2.76. The molecule has 0 unspecified atom stereocenters. The number of rotatable bonds is 2. The first-order chi connectivity index (χ1) is 8.66. The Morgan fingerprint density at radius 3 is 2.83 bits per heavy atom. The molecule has 1 saturated carbocycles. The minimum absolute atomic E-state index is 0.193. The van der Waals surface area contributed by atoms with E-state index in [0.29, 0.717) is 11.4 Å². The average Bonchev–Trinajstić information content (AvgIpc) is 2.97. The van der Waals surface area contributed by atoms with E-state index in [4.69, 9.17) is 5.11 Å². The van der Waals surface area contributed by atoms with Gasteiger partial charge in [-0.25, -0.2) is 14.8 Å². The van der Waals surface area contributed by atoms with Gasteiger partial charge in [-0.2, -0.15) is 0 Å². The molecule has 94 valence electrons. The summed E-state index contributed by atoms with van der Waals surface area (Å²) in [4.78, 5) is 19.7. The lowest BCUT2D eigenvalue weighted by atomic mass is 10.1. The fourth-order valence-electron chi connectivity index (χ4n) is 2.76. The molecule has 0 bridgehead atoms. The lowest BCUT2D eigenvalue weighted by Crippen LogP contribution is -2.03. The van der Waals surface area contributed by atoms with Crippen LogP contribution in [0.3, 0.4) is 0 Å². The minimum atomic E-state index is -0.961. The van der Waals surface area contributed by atoms with E-state index >= 15 is 0 Å². The normalized spacial score (nSPS) is 16.5. The molecule has 0 aromatic carbocycles. The van der Waals surface area contributed by atoms with Gasteiger partial charge >= 0.3 is 5.97 Å². The van der Waals surface area contributed by atoms with Gasteiger partial charge in [0.2, 0.25) is 0 Å². The lowest BCUT2D eigenvalue weighted by Gasteiger charge is -2.07. The van der Waals surface area contributed by atoms with E-state index in [9.17, 15) is 4.79 Å². The Labute approximate surface area is 104 Å². The molecule has 1 aliphatic carbocycles. The third-order valence-electron chi connectivity index (χ3n) is 3.71. The molecule has 1 aliphatic rings. The Balaban J connectivity index is 2.11. The zero-order valence-electron chi connectivity index (χ0n) is 10.3. The Bertz CT molecular complexity index is 612. The largest absolute Gasteiger partial charge is 0.478 e. The zero-order chi connectivity index (χ0) is 12.7. The van der Waals surface area contributed by atoms with Crippen molar-refractivity contribution in [3.05, 3.63) is 23.7 Å². The Hall–Kier alpha value is -1.91. The van der Waals surface area contributed by atoms with Crippen LogP contribution >= 0.6 is 0 Å². The van der Waals surface area contributed by atoms with Gasteiger partial charge in [0, 0.05) is 19.2 Å². The Kier molecular flexibility index (Phi) is 2.54. The quantitative estimate of drug-likeness (QED) is 0.881. The number of hydrogen-bond donors (Lipinski definition) is 1. The highest BCUT2D eigenvalue weighted by molar-refractivity contribution is 5.90. The molecule has 2 heterocycles. The maximum absolute atomic E-state index is 10.9. The molecule has 0 radical (unpaired) electrons. The maximum atomic E-state index is 10.9. The van der Waals surface area contributed by atoms with Crippen molar-refractivity contribution in [3.8, 4) is 0 Å². The van der Waals surface area contributed by atoms with E-state index in [2.05, 4.69) is 9.97 Å². The van der Waals surface area contributed by atoms with E-state index < -0.39 is 5.97 Å². The highest BCUT2D eigenvalue weighted by Gasteiger charge is 2.23. The van der Waals surface area contributed by atoms with Gasteiger partial charge in [-0.1, -0.05) is 12.8 Å². The van der Waals surface area contributed by atoms with Crippen molar-refractivity contribution in [3.63, 3.8) is 0 Å². The van der Waals surface area contributed by atoms with Crippen molar-refractivity contribution in [2.75, 3.05) is 0 Å². The van der Waals surface area contributed by atoms with Crippen molar-refractivity contribution in [2.24, 2.45) is 7.05 Å². The summed E-state index contributed by atoms with van der Waals surface area (Å²) in [6.45, 7) is 0. The fraction of sp³-hybridized carbons (Fsp3) is 0.462. The van der Waals surface area contributed by atoms with E-state index in [1.807, 2.05) is 11.6 Å². The summed E-state index contributed by atoms with van der Waals surface area (Å²) in [6, 6.07) is 1.60. The van der Waals surface area contributed by atoms with E-state index in [1.165, 1.54) is 31.9 Å². The molecule has 0 amide bonds. The summed E-state index contributed by atoms with van der Waals surface area (Å²) in [6.07, 6.45) is 6.24. The van der Waals surface area contributed by atoms with Gasteiger partial charge in [0.15, 0.2) is 5.65 Å². The number of fused-ring (bicyclic) bond motifs is 1. The number of carbonyl (C=O) groups is 1. The van der Waals surface area contributed by atoms with Crippen molar-refractivity contribution in [2.45, 2.75) is 31.6 Å². The number of pyridine rings is 1. The van der Waals surface area contributed by atoms with Crippen LogP contribution < -0.4 is 0 Å². The molecule has 5 nitrogen and oxygen atoms in total. The van der Waals surface area contributed by atoms with Gasteiger partial charge in [0.25, 0.3) is 0 Å². The second kappa shape index (κ2) is 4.08. The summed E-state index contributed by atoms with van der Waals surface area (Å²) < 4.78 is 2.00. The molecular weight excluding hydrogens is 230 g/mol. The zero-order valence-corrected chi connectivity index (χ0v) is 10.3. The van der Waals surface area contributed by atoms with Crippen molar-refractivity contribution >= 4 is 17.1 Å². The predicted octanol–water partition coefficient (Wildman–Crippen LogP) is 2.32. The Morgan fingerprint density at radius 1 is 1.44 bits per heavy atom. The first-order valence-corrected chi connectivity index (χ1v) is 6.22. The van der Waals surface area contributed by atoms with Crippen LogP contribution in [0.1, 0.15) is 47.8 Å². The summed E-state index contributed by atoms with van der Waals surface area (Å²) in [5.74, 6) is 0.576. The standard InChI is InChI=1S/C13H15N3O2/c1-16-11(8-4-2-3-5-8)15-10-6-9(13(17)18)7-14-12(10)16/h6-8H,2-5H2,1H3,(H,17,18). The van der Waals surface area contributed by atoms with E-state index in [1.54, 1.807) is 6.07 Å². The number of hydrogen-bond acceptors (Lipinski definition) is 3. The van der Waals surface area contributed by atoms with Crippen LogP contribution in [0.25, 0.3) is 11.2 Å². The van der Waals surface area contributed by atoms with Crippen molar-refractivity contribution < 1.29 is 9.90 Å². The molecule has 18 heavy (non-hydrogen) atoms. The molecule has 1 N–H and O–H groups in total.